The number of hydrogen-bond donors (Lipinski definition) is 1. The van der Waals surface area contributed by atoms with Gasteiger partial charge in [0.05, 0.1) is 11.9 Å². The largest absolute Gasteiger partial charge is 0.397 e. The van der Waals surface area contributed by atoms with Gasteiger partial charge in [0.25, 0.3) is 0 Å². The van der Waals surface area contributed by atoms with Crippen LogP contribution in [0, 0.1) is 12.8 Å². The number of fused-ring (bicyclic) bond motifs is 1. The van der Waals surface area contributed by atoms with Crippen molar-refractivity contribution in [2.75, 3.05) is 18.8 Å². The fraction of sp³-hybridized carbons (Fsp3) is 0.600. The Hall–Kier alpha value is -2.04. The van der Waals surface area contributed by atoms with Crippen molar-refractivity contribution in [2.24, 2.45) is 13.0 Å². The van der Waals surface area contributed by atoms with Crippen molar-refractivity contribution >= 4 is 22.6 Å². The van der Waals surface area contributed by atoms with Crippen molar-refractivity contribution in [3.63, 3.8) is 0 Å². The minimum Gasteiger partial charge on any atom is -0.397 e. The molecule has 1 aliphatic carbocycles. The van der Waals surface area contributed by atoms with E-state index in [1.807, 2.05) is 7.05 Å². The number of piperidine rings is 1. The lowest BCUT2D eigenvalue weighted by atomic mass is 9.88. The number of carbonyl (C=O) groups is 1. The maximum absolute atomic E-state index is 12.7. The number of aromatic nitrogens is 2. The summed E-state index contributed by atoms with van der Waals surface area (Å²) in [7, 11) is 2.05. The van der Waals surface area contributed by atoms with Crippen LogP contribution in [-0.2, 0) is 11.8 Å². The molecular weight excluding hydrogens is 312 g/mol. The summed E-state index contributed by atoms with van der Waals surface area (Å²) in [5, 5.41) is 1.21. The third-order valence-corrected chi connectivity index (χ3v) is 6.26. The van der Waals surface area contributed by atoms with E-state index in [1.54, 1.807) is 6.20 Å². The molecule has 1 saturated heterocycles. The highest BCUT2D eigenvalue weighted by Crippen LogP contribution is 2.37. The van der Waals surface area contributed by atoms with Crippen LogP contribution in [0.3, 0.4) is 0 Å². The molecule has 2 aromatic heterocycles. The summed E-state index contributed by atoms with van der Waals surface area (Å²) in [6.45, 7) is 3.85. The zero-order valence-electron chi connectivity index (χ0n) is 15.3. The molecule has 3 heterocycles. The smallest absolute Gasteiger partial charge is 0.225 e. The lowest BCUT2D eigenvalue weighted by molar-refractivity contribution is -0.136. The molecule has 5 heteroatoms. The van der Waals surface area contributed by atoms with Crippen LogP contribution in [0.4, 0.5) is 5.69 Å². The van der Waals surface area contributed by atoms with Gasteiger partial charge in [0.15, 0.2) is 0 Å². The number of anilines is 1. The summed E-state index contributed by atoms with van der Waals surface area (Å²) < 4.78 is 2.10. The Morgan fingerprint density at radius 1 is 1.20 bits per heavy atom. The SMILES string of the molecule is Cc1c(N)cnc2c1c(C1CCN(C(=O)C3CCCC3)CC1)cn2C. The van der Waals surface area contributed by atoms with Gasteiger partial charge < -0.3 is 15.2 Å². The van der Waals surface area contributed by atoms with Crippen molar-refractivity contribution in [3.8, 4) is 0 Å². The zero-order chi connectivity index (χ0) is 17.6. The van der Waals surface area contributed by atoms with Gasteiger partial charge in [-0.2, -0.15) is 0 Å². The van der Waals surface area contributed by atoms with Crippen molar-refractivity contribution in [1.29, 1.82) is 0 Å². The molecule has 1 aliphatic heterocycles. The van der Waals surface area contributed by atoms with Gasteiger partial charge in [-0.25, -0.2) is 4.98 Å². The average molecular weight is 340 g/mol. The molecule has 2 N–H and O–H groups in total. The van der Waals surface area contributed by atoms with Gasteiger partial charge in [0, 0.05) is 37.6 Å². The minimum absolute atomic E-state index is 0.292. The van der Waals surface area contributed by atoms with Crippen molar-refractivity contribution in [1.82, 2.24) is 14.5 Å². The Morgan fingerprint density at radius 3 is 2.56 bits per heavy atom. The summed E-state index contributed by atoms with van der Waals surface area (Å²) in [6, 6.07) is 0. The molecule has 1 amide bonds. The number of amides is 1. The molecule has 0 bridgehead atoms. The van der Waals surface area contributed by atoms with Crippen molar-refractivity contribution in [2.45, 2.75) is 51.4 Å². The predicted molar refractivity (Wildman–Crippen MR) is 100 cm³/mol. The van der Waals surface area contributed by atoms with Gasteiger partial charge >= 0.3 is 0 Å². The average Bonchev–Trinajstić information content (AvgIpc) is 3.26. The van der Waals surface area contributed by atoms with E-state index in [2.05, 4.69) is 27.6 Å². The maximum Gasteiger partial charge on any atom is 0.225 e. The first kappa shape index (κ1) is 16.4. The topological polar surface area (TPSA) is 64.2 Å². The number of nitrogens with zero attached hydrogens (tertiary/aromatic N) is 3. The molecule has 2 aromatic rings. The minimum atomic E-state index is 0.292. The van der Waals surface area contributed by atoms with E-state index >= 15 is 0 Å². The fourth-order valence-electron chi connectivity index (χ4n) is 4.70. The predicted octanol–water partition coefficient (Wildman–Crippen LogP) is 3.36. The van der Waals surface area contributed by atoms with Crippen LogP contribution in [0.5, 0.6) is 0 Å². The van der Waals surface area contributed by atoms with Gasteiger partial charge in [-0.1, -0.05) is 12.8 Å². The van der Waals surface area contributed by atoms with Crippen LogP contribution in [0.1, 0.15) is 55.6 Å². The second kappa shape index (κ2) is 6.36. The molecule has 134 valence electrons. The van der Waals surface area contributed by atoms with E-state index < -0.39 is 0 Å². The Balaban J connectivity index is 1.54. The normalized spacial score (nSPS) is 19.8. The highest BCUT2D eigenvalue weighted by atomic mass is 16.2. The Bertz CT molecular complexity index is 796. The Morgan fingerprint density at radius 2 is 1.88 bits per heavy atom. The standard InChI is InChI=1S/C20H28N4O/c1-13-17(21)11-22-19-18(13)16(12-23(19)2)14-7-9-24(10-8-14)20(25)15-5-3-4-6-15/h11-12,14-15H,3-10,21H2,1-2H3. The zero-order valence-corrected chi connectivity index (χ0v) is 15.3. The van der Waals surface area contributed by atoms with Gasteiger partial charge in [0.2, 0.25) is 5.91 Å². The van der Waals surface area contributed by atoms with E-state index in [-0.39, 0.29) is 0 Å². The monoisotopic (exact) mass is 340 g/mol. The molecule has 1 saturated carbocycles. The third-order valence-electron chi connectivity index (χ3n) is 6.26. The molecule has 0 aromatic carbocycles. The highest BCUT2D eigenvalue weighted by Gasteiger charge is 2.31. The quantitative estimate of drug-likeness (QED) is 0.912. The van der Waals surface area contributed by atoms with Crippen molar-refractivity contribution < 1.29 is 4.79 Å². The van der Waals surface area contributed by atoms with E-state index in [1.165, 1.54) is 23.8 Å². The number of pyridine rings is 1. The second-order valence-electron chi connectivity index (χ2n) is 7.81. The number of nitrogen functional groups attached to an aromatic ring is 1. The summed E-state index contributed by atoms with van der Waals surface area (Å²) >= 11 is 0. The number of carbonyl (C=O) groups excluding carboxylic acids is 1. The van der Waals surface area contributed by atoms with E-state index in [0.717, 1.165) is 55.7 Å². The summed E-state index contributed by atoms with van der Waals surface area (Å²) in [5.74, 6) is 1.18. The Labute approximate surface area is 149 Å². The summed E-state index contributed by atoms with van der Waals surface area (Å²) in [4.78, 5) is 19.3. The van der Waals surface area contributed by atoms with Crippen LogP contribution in [0.15, 0.2) is 12.4 Å². The lowest BCUT2D eigenvalue weighted by Gasteiger charge is -2.33. The lowest BCUT2D eigenvalue weighted by Crippen LogP contribution is -2.40. The first-order chi connectivity index (χ1) is 12.1. The molecule has 4 rings (SSSR count). The molecule has 0 unspecified atom stereocenters. The summed E-state index contributed by atoms with van der Waals surface area (Å²) in [5.41, 5.74) is 10.3. The molecular formula is C20H28N4O. The number of nitrogens with two attached hydrogens (primary N) is 1. The highest BCUT2D eigenvalue weighted by molar-refractivity contribution is 5.88. The second-order valence-corrected chi connectivity index (χ2v) is 7.81. The van der Waals surface area contributed by atoms with Gasteiger partial charge in [-0.15, -0.1) is 0 Å². The van der Waals surface area contributed by atoms with E-state index in [4.69, 9.17) is 5.73 Å². The van der Waals surface area contributed by atoms with E-state index in [9.17, 15) is 4.79 Å². The van der Waals surface area contributed by atoms with Crippen LogP contribution in [-0.4, -0.2) is 33.4 Å². The maximum atomic E-state index is 12.7. The van der Waals surface area contributed by atoms with Gasteiger partial charge in [-0.05, 0) is 49.7 Å². The first-order valence-electron chi connectivity index (χ1n) is 9.55. The molecule has 0 radical (unpaired) electrons. The summed E-state index contributed by atoms with van der Waals surface area (Å²) in [6.07, 6.45) is 10.6. The third kappa shape index (κ3) is 2.79. The van der Waals surface area contributed by atoms with Crippen LogP contribution >= 0.6 is 0 Å². The molecule has 25 heavy (non-hydrogen) atoms. The molecule has 2 fully saturated rings. The fourth-order valence-corrected chi connectivity index (χ4v) is 4.70. The van der Waals surface area contributed by atoms with Gasteiger partial charge in [-0.3, -0.25) is 4.79 Å². The first-order valence-corrected chi connectivity index (χ1v) is 9.55. The Kier molecular flexibility index (Phi) is 4.18. The number of likely N-dealkylation sites (tertiary alicyclic amines) is 1. The van der Waals surface area contributed by atoms with Crippen LogP contribution in [0.25, 0.3) is 11.0 Å². The molecule has 0 spiro atoms. The number of aryl methyl sites for hydroxylation is 2. The van der Waals surface area contributed by atoms with E-state index in [0.29, 0.717) is 17.7 Å². The van der Waals surface area contributed by atoms with Crippen LogP contribution in [0.2, 0.25) is 0 Å². The van der Waals surface area contributed by atoms with Crippen LogP contribution < -0.4 is 5.73 Å². The molecule has 0 atom stereocenters. The number of rotatable bonds is 2. The number of hydrogen-bond acceptors (Lipinski definition) is 3. The van der Waals surface area contributed by atoms with Gasteiger partial charge in [0.1, 0.15) is 5.65 Å². The molecule has 2 aliphatic rings. The van der Waals surface area contributed by atoms with Crippen molar-refractivity contribution in [3.05, 3.63) is 23.5 Å². The molecule has 5 nitrogen and oxygen atoms in total.